The Morgan fingerprint density at radius 2 is 2.14 bits per heavy atom. The molecule has 0 aliphatic carbocycles. The van der Waals surface area contributed by atoms with Gasteiger partial charge < -0.3 is 25.3 Å². The van der Waals surface area contributed by atoms with E-state index in [2.05, 4.69) is 26.0 Å². The third-order valence-corrected chi connectivity index (χ3v) is 3.18. The van der Waals surface area contributed by atoms with Crippen LogP contribution < -0.4 is 20.5 Å². The van der Waals surface area contributed by atoms with Gasteiger partial charge in [-0.15, -0.1) is 0 Å². The molecule has 1 aromatic rings. The van der Waals surface area contributed by atoms with Crippen LogP contribution in [0.4, 0.5) is 4.79 Å². The molecule has 118 valence electrons. The van der Waals surface area contributed by atoms with Crippen LogP contribution in [0.3, 0.4) is 0 Å². The number of halogens is 1. The predicted molar refractivity (Wildman–Crippen MR) is 83.7 cm³/mol. The Balaban J connectivity index is 2.59. The summed E-state index contributed by atoms with van der Waals surface area (Å²) in [6, 6.07) is 3.88. The second kappa shape index (κ2) is 9.46. The fourth-order valence-corrected chi connectivity index (χ4v) is 2.28. The molecule has 1 amide bonds. The predicted octanol–water partition coefficient (Wildman–Crippen LogP) is 2.43. The molecule has 0 heterocycles. The molecule has 7 heteroatoms. The van der Waals surface area contributed by atoms with Gasteiger partial charge in [-0.05, 0) is 40.0 Å². The molecule has 0 bridgehead atoms. The first-order valence-corrected chi connectivity index (χ1v) is 7.50. The Labute approximate surface area is 133 Å². The molecule has 0 aliphatic rings. The zero-order valence-electron chi connectivity index (χ0n) is 12.3. The highest BCUT2D eigenvalue weighted by Crippen LogP contribution is 2.36. The molecule has 0 aliphatic heterocycles. The van der Waals surface area contributed by atoms with Crippen molar-refractivity contribution >= 4 is 22.0 Å². The summed E-state index contributed by atoms with van der Waals surface area (Å²) in [5, 5.41) is 3.15. The maximum atomic E-state index is 10.4. The molecule has 0 saturated heterocycles. The number of amides is 1. The number of benzene rings is 1. The van der Waals surface area contributed by atoms with Crippen molar-refractivity contribution in [3.05, 3.63) is 22.2 Å². The fraction of sp³-hybridized carbons (Fsp3) is 0.500. The topological polar surface area (TPSA) is 82.8 Å². The zero-order chi connectivity index (χ0) is 15.7. The number of hydrogen-bond acceptors (Lipinski definition) is 5. The smallest absolute Gasteiger partial charge is 0.404 e. The number of ether oxygens (including phenoxy) is 3. The first kappa shape index (κ1) is 17.6. The Morgan fingerprint density at radius 3 is 2.76 bits per heavy atom. The molecule has 0 aromatic heterocycles. The number of hydrogen-bond donors (Lipinski definition) is 2. The minimum atomic E-state index is -0.765. The lowest BCUT2D eigenvalue weighted by Crippen LogP contribution is -2.23. The molecule has 0 atom stereocenters. The Bertz CT molecular complexity index is 469. The minimum absolute atomic E-state index is 0.241. The third-order valence-electron chi connectivity index (χ3n) is 2.59. The van der Waals surface area contributed by atoms with E-state index in [1.807, 2.05) is 19.1 Å². The van der Waals surface area contributed by atoms with E-state index in [9.17, 15) is 4.79 Å². The van der Waals surface area contributed by atoms with E-state index < -0.39 is 6.09 Å². The van der Waals surface area contributed by atoms with Crippen molar-refractivity contribution < 1.29 is 19.0 Å². The Morgan fingerprint density at radius 1 is 1.38 bits per heavy atom. The van der Waals surface area contributed by atoms with Crippen molar-refractivity contribution in [1.29, 1.82) is 0 Å². The van der Waals surface area contributed by atoms with Gasteiger partial charge >= 0.3 is 6.09 Å². The van der Waals surface area contributed by atoms with E-state index in [0.29, 0.717) is 31.2 Å². The summed E-state index contributed by atoms with van der Waals surface area (Å²) in [4.78, 5) is 10.4. The van der Waals surface area contributed by atoms with Gasteiger partial charge in [0.05, 0.1) is 18.2 Å². The van der Waals surface area contributed by atoms with Crippen LogP contribution in [0.1, 0.15) is 18.9 Å². The normalized spacial score (nSPS) is 10.2. The largest absolute Gasteiger partial charge is 0.493 e. The van der Waals surface area contributed by atoms with Crippen molar-refractivity contribution in [2.45, 2.75) is 19.9 Å². The van der Waals surface area contributed by atoms with Gasteiger partial charge in [-0.25, -0.2) is 4.79 Å². The summed E-state index contributed by atoms with van der Waals surface area (Å²) in [6.07, 6.45) is 0.164. The molecule has 1 rings (SSSR count). The van der Waals surface area contributed by atoms with Gasteiger partial charge in [-0.1, -0.05) is 6.92 Å². The molecule has 21 heavy (non-hydrogen) atoms. The molecule has 0 saturated carbocycles. The molecule has 0 fully saturated rings. The summed E-state index contributed by atoms with van der Waals surface area (Å²) in [5.74, 6) is 1.39. The van der Waals surface area contributed by atoms with Crippen LogP contribution in [0.25, 0.3) is 0 Å². The minimum Gasteiger partial charge on any atom is -0.493 e. The fourth-order valence-electron chi connectivity index (χ4n) is 1.68. The molecule has 3 N–H and O–H groups in total. The Hall–Kier alpha value is -1.47. The summed E-state index contributed by atoms with van der Waals surface area (Å²) in [7, 11) is 1.61. The highest BCUT2D eigenvalue weighted by atomic mass is 79.9. The first-order valence-electron chi connectivity index (χ1n) is 6.70. The van der Waals surface area contributed by atoms with E-state index in [4.69, 9.17) is 15.2 Å². The Kier molecular flexibility index (Phi) is 7.92. The highest BCUT2D eigenvalue weighted by molar-refractivity contribution is 9.10. The number of methoxy groups -OCH3 is 1. The van der Waals surface area contributed by atoms with E-state index in [1.54, 1.807) is 7.11 Å². The van der Waals surface area contributed by atoms with Crippen LogP contribution >= 0.6 is 15.9 Å². The van der Waals surface area contributed by atoms with E-state index >= 15 is 0 Å². The van der Waals surface area contributed by atoms with Gasteiger partial charge in [0.2, 0.25) is 0 Å². The lowest BCUT2D eigenvalue weighted by Gasteiger charge is -2.14. The SMILES string of the molecule is CCCOc1c(Br)cc(CNCCOC(N)=O)cc1OC. The van der Waals surface area contributed by atoms with Crippen molar-refractivity contribution in [3.8, 4) is 11.5 Å². The number of nitrogens with two attached hydrogens (primary N) is 1. The highest BCUT2D eigenvalue weighted by Gasteiger charge is 2.11. The van der Waals surface area contributed by atoms with Gasteiger partial charge in [0.25, 0.3) is 0 Å². The summed E-state index contributed by atoms with van der Waals surface area (Å²) >= 11 is 3.49. The lowest BCUT2D eigenvalue weighted by atomic mass is 10.2. The van der Waals surface area contributed by atoms with Crippen LogP contribution in [-0.2, 0) is 11.3 Å². The van der Waals surface area contributed by atoms with Crippen molar-refractivity contribution in [1.82, 2.24) is 5.32 Å². The van der Waals surface area contributed by atoms with Crippen LogP contribution in [0, 0.1) is 0 Å². The van der Waals surface area contributed by atoms with Gasteiger partial charge in [0.15, 0.2) is 11.5 Å². The van der Waals surface area contributed by atoms with Crippen molar-refractivity contribution in [3.63, 3.8) is 0 Å². The molecule has 0 radical (unpaired) electrons. The van der Waals surface area contributed by atoms with E-state index in [-0.39, 0.29) is 6.61 Å². The van der Waals surface area contributed by atoms with Crippen molar-refractivity contribution in [2.75, 3.05) is 26.9 Å². The average molecular weight is 361 g/mol. The monoisotopic (exact) mass is 360 g/mol. The standard InChI is InChI=1S/C14H21BrN2O4/c1-3-5-20-13-11(15)7-10(8-12(13)19-2)9-17-4-6-21-14(16)18/h7-8,17H,3-6,9H2,1-2H3,(H2,16,18). The number of primary amides is 1. The maximum absolute atomic E-state index is 10.4. The second-order valence-corrected chi connectivity index (χ2v) is 5.16. The van der Waals surface area contributed by atoms with Gasteiger partial charge in [0.1, 0.15) is 6.61 Å². The maximum Gasteiger partial charge on any atom is 0.404 e. The molecular weight excluding hydrogens is 340 g/mol. The van der Waals surface area contributed by atoms with Crippen LogP contribution in [0.15, 0.2) is 16.6 Å². The summed E-state index contributed by atoms with van der Waals surface area (Å²) < 4.78 is 16.5. The number of carbonyl (C=O) groups is 1. The van der Waals surface area contributed by atoms with Crippen LogP contribution in [-0.4, -0.2) is 33.0 Å². The number of nitrogens with one attached hydrogen (secondary N) is 1. The van der Waals surface area contributed by atoms with Crippen molar-refractivity contribution in [2.24, 2.45) is 5.73 Å². The molecule has 6 nitrogen and oxygen atoms in total. The van der Waals surface area contributed by atoms with Gasteiger partial charge in [-0.3, -0.25) is 0 Å². The molecule has 0 spiro atoms. The van der Waals surface area contributed by atoms with Gasteiger partial charge in [0, 0.05) is 13.1 Å². The molecule has 1 aromatic carbocycles. The van der Waals surface area contributed by atoms with E-state index in [0.717, 1.165) is 16.5 Å². The number of rotatable bonds is 9. The summed E-state index contributed by atoms with van der Waals surface area (Å²) in [6.45, 7) is 4.07. The first-order chi connectivity index (χ1) is 10.1. The number of carbonyl (C=O) groups excluding carboxylic acids is 1. The summed E-state index contributed by atoms with van der Waals surface area (Å²) in [5.41, 5.74) is 5.90. The zero-order valence-corrected chi connectivity index (χ0v) is 13.9. The molecular formula is C14H21BrN2O4. The third kappa shape index (κ3) is 6.22. The van der Waals surface area contributed by atoms with Crippen LogP contribution in [0.2, 0.25) is 0 Å². The molecule has 0 unspecified atom stereocenters. The lowest BCUT2D eigenvalue weighted by molar-refractivity contribution is 0.157. The van der Waals surface area contributed by atoms with Gasteiger partial charge in [-0.2, -0.15) is 0 Å². The second-order valence-electron chi connectivity index (χ2n) is 4.30. The van der Waals surface area contributed by atoms with E-state index in [1.165, 1.54) is 0 Å². The quantitative estimate of drug-likeness (QED) is 0.660. The average Bonchev–Trinajstić information content (AvgIpc) is 2.45. The van der Waals surface area contributed by atoms with Crippen LogP contribution in [0.5, 0.6) is 11.5 Å².